The molecule has 0 heterocycles. The number of hydroxylamine groups is 1. The maximum atomic E-state index is 9.38. The molecule has 0 amide bonds. The van der Waals surface area contributed by atoms with Crippen LogP contribution in [0.4, 0.5) is 0 Å². The predicted octanol–water partition coefficient (Wildman–Crippen LogP) is 2.34. The molecule has 0 bridgehead atoms. The van der Waals surface area contributed by atoms with Crippen LogP contribution in [0.5, 0.6) is 0 Å². The Morgan fingerprint density at radius 1 is 1.18 bits per heavy atom. The summed E-state index contributed by atoms with van der Waals surface area (Å²) in [6.45, 7) is 11.2. The summed E-state index contributed by atoms with van der Waals surface area (Å²) in [5.74, 6) is 0. The van der Waals surface area contributed by atoms with E-state index in [4.69, 9.17) is 9.94 Å². The molecule has 0 aliphatic carbocycles. The average Bonchev–Trinajstić information content (AvgIpc) is 2.26. The summed E-state index contributed by atoms with van der Waals surface area (Å²) in [4.78, 5) is 0. The topological polar surface area (TPSA) is 61.7 Å². The molecule has 0 aliphatic heterocycles. The van der Waals surface area contributed by atoms with Crippen molar-refractivity contribution in [3.63, 3.8) is 0 Å². The third kappa shape index (κ3) is 8.55. The van der Waals surface area contributed by atoms with E-state index in [1.807, 2.05) is 20.8 Å². The molecule has 0 aromatic carbocycles. The molecule has 17 heavy (non-hydrogen) atoms. The Balaban J connectivity index is 3.87. The third-order valence-corrected chi connectivity index (χ3v) is 3.00. The summed E-state index contributed by atoms with van der Waals surface area (Å²) >= 11 is 0. The SMILES string of the molecule is CCC(O)COCC(C)(C)CCC(C)(C)NO. The monoisotopic (exact) mass is 247 g/mol. The number of hydrogen-bond donors (Lipinski definition) is 3. The molecule has 0 aromatic rings. The van der Waals surface area contributed by atoms with Crippen LogP contribution < -0.4 is 5.48 Å². The van der Waals surface area contributed by atoms with Crippen LogP contribution in [-0.2, 0) is 4.74 Å². The van der Waals surface area contributed by atoms with E-state index in [1.165, 1.54) is 0 Å². The van der Waals surface area contributed by atoms with Crippen molar-refractivity contribution in [3.05, 3.63) is 0 Å². The lowest BCUT2D eigenvalue weighted by atomic mass is 9.84. The van der Waals surface area contributed by atoms with Crippen LogP contribution in [-0.4, -0.2) is 35.2 Å². The van der Waals surface area contributed by atoms with E-state index < -0.39 is 0 Å². The minimum absolute atomic E-state index is 0.0571. The predicted molar refractivity (Wildman–Crippen MR) is 69.1 cm³/mol. The minimum Gasteiger partial charge on any atom is -0.391 e. The lowest BCUT2D eigenvalue weighted by Crippen LogP contribution is -2.38. The number of aliphatic hydroxyl groups excluding tert-OH is 1. The Morgan fingerprint density at radius 3 is 2.24 bits per heavy atom. The number of hydrogen-bond acceptors (Lipinski definition) is 4. The van der Waals surface area contributed by atoms with Gasteiger partial charge >= 0.3 is 0 Å². The van der Waals surface area contributed by atoms with Gasteiger partial charge in [-0.15, -0.1) is 0 Å². The molecule has 0 saturated carbocycles. The fourth-order valence-corrected chi connectivity index (χ4v) is 1.37. The maximum absolute atomic E-state index is 9.38. The molecule has 4 heteroatoms. The van der Waals surface area contributed by atoms with E-state index in [1.54, 1.807) is 0 Å². The van der Waals surface area contributed by atoms with Gasteiger partial charge in [-0.2, -0.15) is 0 Å². The quantitative estimate of drug-likeness (QED) is 0.547. The summed E-state index contributed by atoms with van der Waals surface area (Å²) in [7, 11) is 0. The van der Waals surface area contributed by atoms with Gasteiger partial charge in [0.2, 0.25) is 0 Å². The van der Waals surface area contributed by atoms with Crippen molar-refractivity contribution in [2.24, 2.45) is 5.41 Å². The first-order valence-corrected chi connectivity index (χ1v) is 6.39. The van der Waals surface area contributed by atoms with Crippen molar-refractivity contribution in [1.29, 1.82) is 0 Å². The Labute approximate surface area is 105 Å². The van der Waals surface area contributed by atoms with Gasteiger partial charge < -0.3 is 15.1 Å². The first kappa shape index (κ1) is 16.8. The minimum atomic E-state index is -0.360. The molecule has 0 saturated heterocycles. The Hall–Kier alpha value is -0.160. The molecule has 3 N–H and O–H groups in total. The lowest BCUT2D eigenvalue weighted by molar-refractivity contribution is -0.00651. The van der Waals surface area contributed by atoms with Gasteiger partial charge in [-0.1, -0.05) is 20.8 Å². The standard InChI is InChI=1S/C13H29NO3/c1-6-11(15)9-17-10-12(2,3)7-8-13(4,5)14-16/h11,14-16H,6-10H2,1-5H3. The number of rotatable bonds is 9. The number of ether oxygens (including phenoxy) is 1. The highest BCUT2D eigenvalue weighted by atomic mass is 16.5. The largest absolute Gasteiger partial charge is 0.391 e. The van der Waals surface area contributed by atoms with Crippen molar-refractivity contribution in [2.75, 3.05) is 13.2 Å². The number of nitrogens with one attached hydrogen (secondary N) is 1. The van der Waals surface area contributed by atoms with Gasteiger partial charge in [0.05, 0.1) is 19.3 Å². The van der Waals surface area contributed by atoms with Crippen molar-refractivity contribution in [2.45, 2.75) is 65.5 Å². The van der Waals surface area contributed by atoms with E-state index >= 15 is 0 Å². The second-order valence-corrected chi connectivity index (χ2v) is 6.24. The van der Waals surface area contributed by atoms with Crippen LogP contribution in [0.3, 0.4) is 0 Å². The average molecular weight is 247 g/mol. The third-order valence-electron chi connectivity index (χ3n) is 3.00. The Kier molecular flexibility index (Phi) is 7.24. The first-order valence-electron chi connectivity index (χ1n) is 6.39. The molecule has 0 radical (unpaired) electrons. The summed E-state index contributed by atoms with van der Waals surface area (Å²) in [5.41, 5.74) is 2.11. The molecule has 0 aliphatic rings. The van der Waals surface area contributed by atoms with Gasteiger partial charge in [0, 0.05) is 5.54 Å². The van der Waals surface area contributed by atoms with Crippen LogP contribution in [0.25, 0.3) is 0 Å². The second kappa shape index (κ2) is 7.31. The molecule has 0 fully saturated rings. The van der Waals surface area contributed by atoms with Crippen molar-refractivity contribution < 1.29 is 15.1 Å². The van der Waals surface area contributed by atoms with Crippen LogP contribution in [0, 0.1) is 5.41 Å². The summed E-state index contributed by atoms with van der Waals surface area (Å²) < 4.78 is 5.52. The fraction of sp³-hybridized carbons (Fsp3) is 1.00. The van der Waals surface area contributed by atoms with Crippen LogP contribution >= 0.6 is 0 Å². The van der Waals surface area contributed by atoms with Gasteiger partial charge in [-0.05, 0) is 38.5 Å². The maximum Gasteiger partial charge on any atom is 0.0771 e. The van der Waals surface area contributed by atoms with Crippen LogP contribution in [0.2, 0.25) is 0 Å². The fourth-order valence-electron chi connectivity index (χ4n) is 1.37. The highest BCUT2D eigenvalue weighted by Crippen LogP contribution is 2.26. The molecule has 4 nitrogen and oxygen atoms in total. The summed E-state index contributed by atoms with van der Waals surface area (Å²) in [6.07, 6.45) is 2.19. The van der Waals surface area contributed by atoms with Gasteiger partial charge in [0.25, 0.3) is 0 Å². The second-order valence-electron chi connectivity index (χ2n) is 6.24. The first-order chi connectivity index (χ1) is 7.72. The Bertz CT molecular complexity index is 205. The van der Waals surface area contributed by atoms with Gasteiger partial charge in [-0.3, -0.25) is 0 Å². The molecule has 0 rings (SSSR count). The van der Waals surface area contributed by atoms with E-state index in [0.29, 0.717) is 13.2 Å². The highest BCUT2D eigenvalue weighted by Gasteiger charge is 2.24. The van der Waals surface area contributed by atoms with E-state index in [0.717, 1.165) is 19.3 Å². The number of aliphatic hydroxyl groups is 1. The van der Waals surface area contributed by atoms with Crippen LogP contribution in [0.15, 0.2) is 0 Å². The molecule has 1 atom stereocenters. The Morgan fingerprint density at radius 2 is 1.76 bits per heavy atom. The zero-order valence-corrected chi connectivity index (χ0v) is 11.9. The smallest absolute Gasteiger partial charge is 0.0771 e. The van der Waals surface area contributed by atoms with Crippen LogP contribution in [0.1, 0.15) is 53.9 Å². The zero-order chi connectivity index (χ0) is 13.5. The van der Waals surface area contributed by atoms with E-state index in [2.05, 4.69) is 19.3 Å². The lowest BCUT2D eigenvalue weighted by Gasteiger charge is -2.30. The van der Waals surface area contributed by atoms with Crippen molar-refractivity contribution in [1.82, 2.24) is 5.48 Å². The molecule has 0 spiro atoms. The van der Waals surface area contributed by atoms with Gasteiger partial charge in [0.1, 0.15) is 0 Å². The molecular weight excluding hydrogens is 218 g/mol. The molecule has 0 aromatic heterocycles. The highest BCUT2D eigenvalue weighted by molar-refractivity contribution is 4.78. The van der Waals surface area contributed by atoms with Gasteiger partial charge in [-0.25, -0.2) is 5.48 Å². The van der Waals surface area contributed by atoms with E-state index in [9.17, 15) is 5.11 Å². The van der Waals surface area contributed by atoms with Gasteiger partial charge in [0.15, 0.2) is 0 Å². The normalized spacial score (nSPS) is 15.0. The molecular formula is C13H29NO3. The summed E-state index contributed by atoms with van der Waals surface area (Å²) in [5, 5.41) is 18.3. The summed E-state index contributed by atoms with van der Waals surface area (Å²) in [6, 6.07) is 0. The van der Waals surface area contributed by atoms with Crippen molar-refractivity contribution in [3.8, 4) is 0 Å². The van der Waals surface area contributed by atoms with Crippen molar-refractivity contribution >= 4 is 0 Å². The molecule has 104 valence electrons. The molecule has 1 unspecified atom stereocenters. The zero-order valence-electron chi connectivity index (χ0n) is 11.9. The van der Waals surface area contributed by atoms with E-state index in [-0.39, 0.29) is 17.1 Å².